The number of hydrogen-bond donors (Lipinski definition) is 2. The average molecular weight is 294 g/mol. The fraction of sp³-hybridized carbons (Fsp3) is 0.222. The van der Waals surface area contributed by atoms with E-state index in [2.05, 4.69) is 17.4 Å². The molecule has 112 valence electrons. The number of carbonyl (C=O) groups is 2. The molecule has 0 bridgehead atoms. The van der Waals surface area contributed by atoms with Crippen molar-refractivity contribution < 1.29 is 9.59 Å². The molecule has 1 aliphatic carbocycles. The number of nitrogens with one attached hydrogen (secondary N) is 1. The van der Waals surface area contributed by atoms with Crippen LogP contribution in [0.5, 0.6) is 0 Å². The molecule has 0 fully saturated rings. The van der Waals surface area contributed by atoms with Crippen molar-refractivity contribution in [2.24, 2.45) is 5.73 Å². The monoisotopic (exact) mass is 294 g/mol. The van der Waals surface area contributed by atoms with Gasteiger partial charge >= 0.3 is 0 Å². The second kappa shape index (κ2) is 6.02. The zero-order valence-corrected chi connectivity index (χ0v) is 12.2. The first-order valence-corrected chi connectivity index (χ1v) is 7.43. The van der Waals surface area contributed by atoms with Crippen LogP contribution in [0.4, 0.5) is 0 Å². The molecule has 22 heavy (non-hydrogen) atoms. The van der Waals surface area contributed by atoms with E-state index < -0.39 is 5.91 Å². The van der Waals surface area contributed by atoms with E-state index in [9.17, 15) is 9.59 Å². The molecule has 3 rings (SSSR count). The highest BCUT2D eigenvalue weighted by molar-refractivity contribution is 5.99. The van der Waals surface area contributed by atoms with Crippen LogP contribution >= 0.6 is 0 Å². The first kappa shape index (κ1) is 14.3. The largest absolute Gasteiger partial charge is 0.366 e. The maximum absolute atomic E-state index is 12.4. The van der Waals surface area contributed by atoms with E-state index >= 15 is 0 Å². The summed E-state index contributed by atoms with van der Waals surface area (Å²) in [5.41, 5.74) is 8.55. The van der Waals surface area contributed by atoms with E-state index in [4.69, 9.17) is 5.73 Å². The molecule has 0 spiro atoms. The van der Waals surface area contributed by atoms with Crippen LogP contribution < -0.4 is 11.1 Å². The van der Waals surface area contributed by atoms with Crippen molar-refractivity contribution in [2.75, 3.05) is 0 Å². The van der Waals surface area contributed by atoms with Gasteiger partial charge in [0.15, 0.2) is 0 Å². The van der Waals surface area contributed by atoms with Gasteiger partial charge in [0.25, 0.3) is 5.91 Å². The number of primary amides is 1. The third-order valence-corrected chi connectivity index (χ3v) is 4.08. The highest BCUT2D eigenvalue weighted by Gasteiger charge is 2.22. The van der Waals surface area contributed by atoms with Crippen molar-refractivity contribution in [1.29, 1.82) is 0 Å². The van der Waals surface area contributed by atoms with Gasteiger partial charge in [0.1, 0.15) is 0 Å². The summed E-state index contributed by atoms with van der Waals surface area (Å²) >= 11 is 0. The molecule has 1 aliphatic rings. The van der Waals surface area contributed by atoms with Gasteiger partial charge in [-0.1, -0.05) is 30.3 Å². The summed E-state index contributed by atoms with van der Waals surface area (Å²) in [6, 6.07) is 14.7. The number of fused-ring (bicyclic) bond motifs is 1. The third kappa shape index (κ3) is 2.86. The summed E-state index contributed by atoms with van der Waals surface area (Å²) in [5.74, 6) is -0.706. The van der Waals surface area contributed by atoms with Crippen LogP contribution in [-0.4, -0.2) is 11.8 Å². The van der Waals surface area contributed by atoms with Crippen molar-refractivity contribution in [3.8, 4) is 0 Å². The quantitative estimate of drug-likeness (QED) is 0.913. The van der Waals surface area contributed by atoms with Crippen molar-refractivity contribution >= 4 is 11.8 Å². The fourth-order valence-electron chi connectivity index (χ4n) is 2.96. The van der Waals surface area contributed by atoms with E-state index in [1.54, 1.807) is 18.2 Å². The minimum Gasteiger partial charge on any atom is -0.366 e. The Labute approximate surface area is 129 Å². The molecule has 2 aromatic carbocycles. The lowest BCUT2D eigenvalue weighted by Crippen LogP contribution is -2.31. The van der Waals surface area contributed by atoms with E-state index in [-0.39, 0.29) is 11.9 Å². The summed E-state index contributed by atoms with van der Waals surface area (Å²) < 4.78 is 0. The number of rotatable bonds is 3. The standard InChI is InChI=1S/C18H18N2O2/c19-17(21)13-7-3-8-14(11-13)18(22)20-16-10-4-6-12-5-1-2-9-15(12)16/h1-3,5,7-9,11,16H,4,6,10H2,(H2,19,21)(H,20,22). The minimum atomic E-state index is -0.530. The molecule has 3 N–H and O–H groups in total. The summed E-state index contributed by atoms with van der Waals surface area (Å²) in [6.07, 6.45) is 3.04. The normalized spacial score (nSPS) is 16.6. The van der Waals surface area contributed by atoms with Crippen molar-refractivity contribution in [3.63, 3.8) is 0 Å². The van der Waals surface area contributed by atoms with Crippen LogP contribution in [0.3, 0.4) is 0 Å². The van der Waals surface area contributed by atoms with Gasteiger partial charge in [-0.2, -0.15) is 0 Å². The molecular formula is C18H18N2O2. The van der Waals surface area contributed by atoms with Crippen LogP contribution in [0.1, 0.15) is 50.7 Å². The summed E-state index contributed by atoms with van der Waals surface area (Å²) in [7, 11) is 0. The van der Waals surface area contributed by atoms with E-state index in [0.717, 1.165) is 19.3 Å². The van der Waals surface area contributed by atoms with Gasteiger partial charge < -0.3 is 11.1 Å². The van der Waals surface area contributed by atoms with Gasteiger partial charge in [-0.3, -0.25) is 9.59 Å². The fourth-order valence-corrected chi connectivity index (χ4v) is 2.96. The molecule has 2 amide bonds. The smallest absolute Gasteiger partial charge is 0.251 e. The van der Waals surface area contributed by atoms with E-state index in [1.165, 1.54) is 17.2 Å². The molecule has 0 saturated heterocycles. The molecule has 2 aromatic rings. The molecule has 0 aliphatic heterocycles. The number of nitrogens with two attached hydrogens (primary N) is 1. The van der Waals surface area contributed by atoms with Crippen molar-refractivity contribution in [3.05, 3.63) is 70.8 Å². The molecule has 1 unspecified atom stereocenters. The van der Waals surface area contributed by atoms with Gasteiger partial charge in [0.2, 0.25) is 5.91 Å². The molecule has 4 heteroatoms. The summed E-state index contributed by atoms with van der Waals surface area (Å²) in [6.45, 7) is 0. The van der Waals surface area contributed by atoms with Crippen molar-refractivity contribution in [1.82, 2.24) is 5.32 Å². The highest BCUT2D eigenvalue weighted by Crippen LogP contribution is 2.29. The van der Waals surface area contributed by atoms with E-state index in [1.807, 2.05) is 12.1 Å². The Balaban J connectivity index is 1.81. The molecule has 0 saturated carbocycles. The number of carbonyl (C=O) groups excluding carboxylic acids is 2. The lowest BCUT2D eigenvalue weighted by molar-refractivity contribution is 0.0932. The van der Waals surface area contributed by atoms with Crippen LogP contribution in [-0.2, 0) is 6.42 Å². The predicted molar refractivity (Wildman–Crippen MR) is 84.5 cm³/mol. The maximum atomic E-state index is 12.4. The Morgan fingerprint density at radius 1 is 1.05 bits per heavy atom. The Morgan fingerprint density at radius 2 is 1.82 bits per heavy atom. The second-order valence-electron chi connectivity index (χ2n) is 5.56. The zero-order valence-electron chi connectivity index (χ0n) is 12.2. The molecule has 0 radical (unpaired) electrons. The molecule has 4 nitrogen and oxygen atoms in total. The van der Waals surface area contributed by atoms with Crippen LogP contribution in [0.2, 0.25) is 0 Å². The first-order chi connectivity index (χ1) is 10.6. The first-order valence-electron chi connectivity index (χ1n) is 7.43. The van der Waals surface area contributed by atoms with Gasteiger partial charge in [-0.05, 0) is 48.6 Å². The molecule has 0 heterocycles. The van der Waals surface area contributed by atoms with Gasteiger partial charge in [0.05, 0.1) is 6.04 Å². The Bertz CT molecular complexity index is 725. The zero-order chi connectivity index (χ0) is 15.5. The number of aryl methyl sites for hydroxylation is 1. The topological polar surface area (TPSA) is 72.2 Å². The number of amides is 2. The van der Waals surface area contributed by atoms with Crippen LogP contribution in [0, 0.1) is 0 Å². The molecule has 0 aromatic heterocycles. The van der Waals surface area contributed by atoms with Crippen molar-refractivity contribution in [2.45, 2.75) is 25.3 Å². The Morgan fingerprint density at radius 3 is 2.64 bits per heavy atom. The van der Waals surface area contributed by atoms with Gasteiger partial charge in [0, 0.05) is 11.1 Å². The maximum Gasteiger partial charge on any atom is 0.251 e. The lowest BCUT2D eigenvalue weighted by atomic mass is 9.87. The minimum absolute atomic E-state index is 0.0229. The SMILES string of the molecule is NC(=O)c1cccc(C(=O)NC2CCCc3ccccc32)c1. The summed E-state index contributed by atoms with van der Waals surface area (Å²) in [5, 5.41) is 3.07. The molecule has 1 atom stereocenters. The molecular weight excluding hydrogens is 276 g/mol. The number of benzene rings is 2. The third-order valence-electron chi connectivity index (χ3n) is 4.08. The lowest BCUT2D eigenvalue weighted by Gasteiger charge is -2.26. The Hall–Kier alpha value is -2.62. The average Bonchev–Trinajstić information content (AvgIpc) is 2.55. The summed E-state index contributed by atoms with van der Waals surface area (Å²) in [4.78, 5) is 23.7. The predicted octanol–water partition coefficient (Wildman–Crippen LogP) is 2.59. The highest BCUT2D eigenvalue weighted by atomic mass is 16.2. The van der Waals surface area contributed by atoms with Crippen LogP contribution in [0.25, 0.3) is 0 Å². The van der Waals surface area contributed by atoms with Gasteiger partial charge in [-0.25, -0.2) is 0 Å². The van der Waals surface area contributed by atoms with E-state index in [0.29, 0.717) is 11.1 Å². The Kier molecular flexibility index (Phi) is 3.92. The van der Waals surface area contributed by atoms with Gasteiger partial charge in [-0.15, -0.1) is 0 Å². The van der Waals surface area contributed by atoms with Crippen LogP contribution in [0.15, 0.2) is 48.5 Å². The number of hydrogen-bond acceptors (Lipinski definition) is 2. The second-order valence-corrected chi connectivity index (χ2v) is 5.56.